The van der Waals surface area contributed by atoms with Crippen LogP contribution in [0.2, 0.25) is 0 Å². The van der Waals surface area contributed by atoms with Gasteiger partial charge in [-0.15, -0.1) is 0 Å². The van der Waals surface area contributed by atoms with Gasteiger partial charge in [-0.3, -0.25) is 4.79 Å². The van der Waals surface area contributed by atoms with Gasteiger partial charge in [-0.25, -0.2) is 19.1 Å². The molecule has 0 unspecified atom stereocenters. The zero-order valence-electron chi connectivity index (χ0n) is 18.8. The fourth-order valence-corrected chi connectivity index (χ4v) is 3.27. The summed E-state index contributed by atoms with van der Waals surface area (Å²) in [7, 11) is 5.50. The highest BCUT2D eigenvalue weighted by Crippen LogP contribution is 2.37. The van der Waals surface area contributed by atoms with Crippen LogP contribution in [0.15, 0.2) is 28.9 Å². The molecule has 0 radical (unpaired) electrons. The number of likely N-dealkylation sites (N-methyl/N-ethyl adjacent to an activating group) is 2. The number of carbonyl (C=O) groups excluding carboxylic acids is 2. The van der Waals surface area contributed by atoms with Crippen LogP contribution in [0.1, 0.15) is 11.3 Å². The summed E-state index contributed by atoms with van der Waals surface area (Å²) in [6, 6.07) is 0.929. The third kappa shape index (κ3) is 5.09. The Morgan fingerprint density at radius 3 is 2.53 bits per heavy atom. The molecular weight excluding hydrogens is 460 g/mol. The van der Waals surface area contributed by atoms with Gasteiger partial charge in [0.25, 0.3) is 5.71 Å². The first kappa shape index (κ1) is 24.9. The predicted octanol–water partition coefficient (Wildman–Crippen LogP) is 3.88. The topological polar surface area (TPSA) is 94.8 Å². The standard InChI is InChI=1S/C21H22F4N6O3/c1-12-17-18(30(4)8-7-29(2)3)16(10-26-19(17)34-28-12)31(11-32)20(33)27-13-5-6-15(22)14(9-13)21(23,24)25/h5-6,9-11H,7-8H2,1-4H3,(H,27,33). The summed E-state index contributed by atoms with van der Waals surface area (Å²) in [5, 5.41) is 6.56. The minimum atomic E-state index is -4.96. The minimum absolute atomic E-state index is 0.0608. The largest absolute Gasteiger partial charge is 0.419 e. The Morgan fingerprint density at radius 2 is 1.91 bits per heavy atom. The van der Waals surface area contributed by atoms with E-state index in [1.807, 2.05) is 19.0 Å². The summed E-state index contributed by atoms with van der Waals surface area (Å²) in [6.45, 7) is 2.79. The molecule has 0 spiro atoms. The Balaban J connectivity index is 2.02. The number of alkyl halides is 3. The van der Waals surface area contributed by atoms with Gasteiger partial charge < -0.3 is 19.6 Å². The van der Waals surface area contributed by atoms with Crippen LogP contribution >= 0.6 is 0 Å². The van der Waals surface area contributed by atoms with Gasteiger partial charge in [0.05, 0.1) is 34.2 Å². The van der Waals surface area contributed by atoms with E-state index in [2.05, 4.69) is 15.5 Å². The third-order valence-corrected chi connectivity index (χ3v) is 5.00. The highest BCUT2D eigenvalue weighted by molar-refractivity contribution is 6.16. The number of amides is 3. The average Bonchev–Trinajstić information content (AvgIpc) is 3.14. The Labute approximate surface area is 191 Å². The number of anilines is 3. The highest BCUT2D eigenvalue weighted by Gasteiger charge is 2.34. The lowest BCUT2D eigenvalue weighted by atomic mass is 10.1. The molecule has 3 rings (SSSR count). The molecular formula is C21H22F4N6O3. The van der Waals surface area contributed by atoms with Crippen molar-refractivity contribution in [3.05, 3.63) is 41.5 Å². The van der Waals surface area contributed by atoms with E-state index < -0.39 is 23.6 Å². The van der Waals surface area contributed by atoms with Gasteiger partial charge in [0.15, 0.2) is 0 Å². The number of halogens is 4. The first-order valence-corrected chi connectivity index (χ1v) is 9.97. The number of nitrogens with one attached hydrogen (secondary N) is 1. The molecule has 2 heterocycles. The number of aryl methyl sites for hydroxylation is 1. The monoisotopic (exact) mass is 482 g/mol. The molecule has 0 aliphatic rings. The molecule has 1 aromatic carbocycles. The second kappa shape index (κ2) is 9.63. The maximum absolute atomic E-state index is 13.6. The number of aromatic nitrogens is 2. The molecule has 2 aromatic heterocycles. The van der Waals surface area contributed by atoms with Crippen molar-refractivity contribution < 1.29 is 31.7 Å². The normalized spacial score (nSPS) is 11.7. The SMILES string of the molecule is Cc1noc2ncc(N(C=O)C(=O)Nc3ccc(F)c(C(F)(F)F)c3)c(N(C)CCN(C)C)c12. The number of hydrogen-bond donors (Lipinski definition) is 1. The summed E-state index contributed by atoms with van der Waals surface area (Å²) in [5.41, 5.74) is -0.754. The van der Waals surface area contributed by atoms with Crippen LogP contribution in [-0.2, 0) is 11.0 Å². The first-order valence-electron chi connectivity index (χ1n) is 9.97. The molecule has 0 aliphatic heterocycles. The van der Waals surface area contributed by atoms with Crippen LogP contribution in [-0.4, -0.2) is 61.7 Å². The minimum Gasteiger partial charge on any atom is -0.371 e. The predicted molar refractivity (Wildman–Crippen MR) is 117 cm³/mol. The molecule has 0 aliphatic carbocycles. The summed E-state index contributed by atoms with van der Waals surface area (Å²) in [5.74, 6) is -1.49. The van der Waals surface area contributed by atoms with Crippen molar-refractivity contribution in [1.29, 1.82) is 0 Å². The van der Waals surface area contributed by atoms with Crippen LogP contribution in [0, 0.1) is 12.7 Å². The number of pyridine rings is 1. The van der Waals surface area contributed by atoms with Gasteiger partial charge >= 0.3 is 12.2 Å². The lowest BCUT2D eigenvalue weighted by Gasteiger charge is -2.27. The molecule has 3 aromatic rings. The van der Waals surface area contributed by atoms with Crippen molar-refractivity contribution in [2.75, 3.05) is 49.3 Å². The van der Waals surface area contributed by atoms with Crippen molar-refractivity contribution in [3.8, 4) is 0 Å². The molecule has 0 saturated carbocycles. The summed E-state index contributed by atoms with van der Waals surface area (Å²) < 4.78 is 57.9. The number of urea groups is 1. The van der Waals surface area contributed by atoms with E-state index in [0.29, 0.717) is 46.9 Å². The van der Waals surface area contributed by atoms with Crippen LogP contribution in [0.4, 0.5) is 39.4 Å². The molecule has 182 valence electrons. The van der Waals surface area contributed by atoms with E-state index in [0.717, 1.165) is 6.07 Å². The number of hydrogen-bond acceptors (Lipinski definition) is 7. The van der Waals surface area contributed by atoms with E-state index in [-0.39, 0.29) is 23.5 Å². The Kier molecular flexibility index (Phi) is 7.05. The van der Waals surface area contributed by atoms with Gasteiger partial charge in [0.1, 0.15) is 5.82 Å². The fraction of sp³-hybridized carbons (Fsp3) is 0.333. The number of fused-ring (bicyclic) bond motifs is 1. The van der Waals surface area contributed by atoms with E-state index in [1.54, 1.807) is 18.9 Å². The maximum Gasteiger partial charge on any atom is 0.419 e. The number of benzene rings is 1. The fourth-order valence-electron chi connectivity index (χ4n) is 3.27. The van der Waals surface area contributed by atoms with Crippen LogP contribution in [0.3, 0.4) is 0 Å². The Morgan fingerprint density at radius 1 is 1.21 bits per heavy atom. The molecule has 1 N–H and O–H groups in total. The molecule has 3 amide bonds. The number of carbonyl (C=O) groups is 2. The number of nitrogens with zero attached hydrogens (tertiary/aromatic N) is 5. The van der Waals surface area contributed by atoms with Crippen LogP contribution in [0.5, 0.6) is 0 Å². The lowest BCUT2D eigenvalue weighted by Crippen LogP contribution is -2.36. The van der Waals surface area contributed by atoms with Crippen LogP contribution in [0.25, 0.3) is 11.1 Å². The molecule has 0 bridgehead atoms. The third-order valence-electron chi connectivity index (χ3n) is 5.00. The molecule has 34 heavy (non-hydrogen) atoms. The van der Waals surface area contributed by atoms with Crippen LogP contribution < -0.4 is 15.1 Å². The number of rotatable bonds is 7. The number of imide groups is 1. The van der Waals surface area contributed by atoms with Crippen molar-refractivity contribution in [3.63, 3.8) is 0 Å². The molecule has 13 heteroatoms. The first-order chi connectivity index (χ1) is 15.9. The smallest absolute Gasteiger partial charge is 0.371 e. The van der Waals surface area contributed by atoms with Gasteiger partial charge in [0.2, 0.25) is 6.41 Å². The van der Waals surface area contributed by atoms with Gasteiger partial charge in [-0.1, -0.05) is 5.16 Å². The molecule has 9 nitrogen and oxygen atoms in total. The van der Waals surface area contributed by atoms with Crippen molar-refractivity contribution in [2.24, 2.45) is 0 Å². The Hall–Kier alpha value is -3.74. The quantitative estimate of drug-likeness (QED) is 0.403. The van der Waals surface area contributed by atoms with E-state index in [4.69, 9.17) is 4.52 Å². The summed E-state index contributed by atoms with van der Waals surface area (Å²) in [4.78, 5) is 33.4. The second-order valence-electron chi connectivity index (χ2n) is 7.76. The van der Waals surface area contributed by atoms with Gasteiger partial charge in [-0.05, 0) is 39.2 Å². The molecule has 0 atom stereocenters. The molecule has 0 fully saturated rings. The van der Waals surface area contributed by atoms with Crippen molar-refractivity contribution in [2.45, 2.75) is 13.1 Å². The van der Waals surface area contributed by atoms with E-state index >= 15 is 0 Å². The zero-order valence-corrected chi connectivity index (χ0v) is 18.8. The van der Waals surface area contributed by atoms with Crippen molar-refractivity contribution >= 4 is 40.6 Å². The van der Waals surface area contributed by atoms with E-state index in [9.17, 15) is 27.2 Å². The average molecular weight is 482 g/mol. The summed E-state index contributed by atoms with van der Waals surface area (Å²) >= 11 is 0. The summed E-state index contributed by atoms with van der Waals surface area (Å²) in [6.07, 6.45) is -3.52. The highest BCUT2D eigenvalue weighted by atomic mass is 19.4. The van der Waals surface area contributed by atoms with Crippen molar-refractivity contribution in [1.82, 2.24) is 15.0 Å². The zero-order chi connectivity index (χ0) is 25.2. The van der Waals surface area contributed by atoms with Gasteiger partial charge in [0, 0.05) is 25.8 Å². The maximum atomic E-state index is 13.6. The molecule has 0 saturated heterocycles. The Bertz CT molecular complexity index is 1210. The lowest BCUT2D eigenvalue weighted by molar-refractivity contribution is -0.139. The second-order valence-corrected chi connectivity index (χ2v) is 7.76. The van der Waals surface area contributed by atoms with E-state index in [1.165, 1.54) is 6.20 Å². The van der Waals surface area contributed by atoms with Gasteiger partial charge in [-0.2, -0.15) is 13.2 Å².